The summed E-state index contributed by atoms with van der Waals surface area (Å²) in [6, 6.07) is 10.4. The number of nitrogens with zero attached hydrogens (tertiary/aromatic N) is 3. The lowest BCUT2D eigenvalue weighted by molar-refractivity contribution is -0.127. The molecule has 0 aliphatic carbocycles. The van der Waals surface area contributed by atoms with E-state index in [-0.39, 0.29) is 23.5 Å². The van der Waals surface area contributed by atoms with Gasteiger partial charge in [0.15, 0.2) is 11.5 Å². The Kier molecular flexibility index (Phi) is 6.53. The Hall–Kier alpha value is -3.94. The Bertz CT molecular complexity index is 1180. The smallest absolute Gasteiger partial charge is 0.245 e. The molecule has 170 valence electrons. The van der Waals surface area contributed by atoms with Crippen LogP contribution in [0.4, 0.5) is 0 Å². The number of rotatable bonds is 7. The van der Waals surface area contributed by atoms with Crippen LogP contribution in [0.2, 0.25) is 0 Å². The second-order valence-corrected chi connectivity index (χ2v) is 7.65. The van der Waals surface area contributed by atoms with Crippen molar-refractivity contribution in [2.45, 2.75) is 18.9 Å². The fourth-order valence-electron chi connectivity index (χ4n) is 3.88. The topological polar surface area (TPSA) is 90.9 Å². The lowest BCUT2D eigenvalue weighted by Crippen LogP contribution is -2.41. The van der Waals surface area contributed by atoms with Crippen LogP contribution in [0, 0.1) is 0 Å². The van der Waals surface area contributed by atoms with Gasteiger partial charge in [-0.2, -0.15) is 0 Å². The first-order valence-corrected chi connectivity index (χ1v) is 10.6. The molecule has 1 aliphatic heterocycles. The molecule has 8 heteroatoms. The number of hydrogen-bond donors (Lipinski definition) is 0. The summed E-state index contributed by atoms with van der Waals surface area (Å²) in [5.41, 5.74) is 1.36. The highest BCUT2D eigenvalue weighted by Gasteiger charge is 2.24. The average molecular weight is 447 g/mol. The number of piperidine rings is 1. The molecule has 2 heterocycles. The molecule has 33 heavy (non-hydrogen) atoms. The molecule has 0 saturated carbocycles. The number of fused-ring (bicyclic) bond motifs is 1. The van der Waals surface area contributed by atoms with Gasteiger partial charge in [0.05, 0.1) is 19.7 Å². The molecular formula is C25H25N3O5. The van der Waals surface area contributed by atoms with E-state index in [4.69, 9.17) is 14.2 Å². The van der Waals surface area contributed by atoms with Gasteiger partial charge in [0.1, 0.15) is 23.9 Å². The first-order chi connectivity index (χ1) is 16.0. The maximum atomic E-state index is 13.2. The number of hydrogen-bond acceptors (Lipinski definition) is 7. The Labute approximate surface area is 191 Å². The lowest BCUT2D eigenvalue weighted by atomic mass is 10.0. The number of amides is 1. The van der Waals surface area contributed by atoms with Gasteiger partial charge in [-0.15, -0.1) is 0 Å². The van der Waals surface area contributed by atoms with Crippen LogP contribution in [-0.4, -0.2) is 60.0 Å². The summed E-state index contributed by atoms with van der Waals surface area (Å²) < 4.78 is 16.9. The molecule has 1 fully saturated rings. The van der Waals surface area contributed by atoms with Gasteiger partial charge in [-0.3, -0.25) is 9.59 Å². The number of carbonyl (C=O) groups excluding carboxylic acids is 2. The number of benzene rings is 2. The molecule has 4 rings (SSSR count). The highest BCUT2D eigenvalue weighted by molar-refractivity contribution is 6.14. The monoisotopic (exact) mass is 447 g/mol. The first kappa shape index (κ1) is 22.3. The fourth-order valence-corrected chi connectivity index (χ4v) is 3.88. The zero-order valence-electron chi connectivity index (χ0n) is 18.6. The molecule has 0 spiro atoms. The summed E-state index contributed by atoms with van der Waals surface area (Å²) in [5, 5.41) is 0.577. The molecule has 0 radical (unpaired) electrons. The molecule has 1 aliphatic rings. The van der Waals surface area contributed by atoms with Crippen molar-refractivity contribution in [3.8, 4) is 17.2 Å². The minimum atomic E-state index is -0.225. The zero-order valence-corrected chi connectivity index (χ0v) is 18.6. The van der Waals surface area contributed by atoms with Crippen molar-refractivity contribution in [2.75, 3.05) is 27.3 Å². The van der Waals surface area contributed by atoms with Crippen molar-refractivity contribution in [2.24, 2.45) is 0 Å². The van der Waals surface area contributed by atoms with Gasteiger partial charge in [-0.1, -0.05) is 6.58 Å². The van der Waals surface area contributed by atoms with Crippen molar-refractivity contribution in [1.29, 1.82) is 0 Å². The Balaban J connectivity index is 1.63. The minimum absolute atomic E-state index is 0.0735. The van der Waals surface area contributed by atoms with E-state index in [1.807, 2.05) is 0 Å². The quantitative estimate of drug-likeness (QED) is 0.405. The van der Waals surface area contributed by atoms with Crippen molar-refractivity contribution >= 4 is 22.6 Å². The van der Waals surface area contributed by atoms with Crippen LogP contribution in [-0.2, 0) is 4.79 Å². The maximum absolute atomic E-state index is 13.2. The summed E-state index contributed by atoms with van der Waals surface area (Å²) in [6.45, 7) is 4.73. The van der Waals surface area contributed by atoms with E-state index in [0.717, 1.165) is 0 Å². The molecular weight excluding hydrogens is 422 g/mol. The molecule has 1 amide bonds. The van der Waals surface area contributed by atoms with Crippen molar-refractivity contribution in [3.05, 3.63) is 66.6 Å². The Morgan fingerprint density at radius 3 is 2.39 bits per heavy atom. The molecule has 0 N–H and O–H groups in total. The lowest BCUT2D eigenvalue weighted by Gasteiger charge is -2.31. The average Bonchev–Trinajstić information content (AvgIpc) is 2.87. The summed E-state index contributed by atoms with van der Waals surface area (Å²) in [6.07, 6.45) is 3.98. The summed E-state index contributed by atoms with van der Waals surface area (Å²) in [7, 11) is 3.13. The van der Waals surface area contributed by atoms with Crippen LogP contribution in [0.15, 0.2) is 55.4 Å². The largest absolute Gasteiger partial charge is 0.497 e. The standard InChI is InChI=1S/C25H25N3O5/c1-4-23(29)28-11-9-18(10-12-28)33-22-13-19-20(14-21(22)32-3)26-15-27-24(19)25(30)16-5-7-17(31-2)8-6-16/h4-8,13-15,18H,1,9-12H2,2-3H3. The van der Waals surface area contributed by atoms with Crippen LogP contribution in [0.25, 0.3) is 10.9 Å². The zero-order chi connectivity index (χ0) is 23.4. The van der Waals surface area contributed by atoms with E-state index in [1.54, 1.807) is 55.5 Å². The number of methoxy groups -OCH3 is 2. The van der Waals surface area contributed by atoms with Crippen LogP contribution in [0.3, 0.4) is 0 Å². The number of likely N-dealkylation sites (tertiary alicyclic amines) is 1. The van der Waals surface area contributed by atoms with Crippen LogP contribution in [0.5, 0.6) is 17.2 Å². The molecule has 1 aromatic heterocycles. The molecule has 2 aromatic carbocycles. The molecule has 0 atom stereocenters. The number of ketones is 1. The minimum Gasteiger partial charge on any atom is -0.497 e. The Morgan fingerprint density at radius 1 is 1.03 bits per heavy atom. The highest BCUT2D eigenvalue weighted by Crippen LogP contribution is 2.35. The van der Waals surface area contributed by atoms with Gasteiger partial charge in [0.2, 0.25) is 11.7 Å². The van der Waals surface area contributed by atoms with E-state index >= 15 is 0 Å². The van der Waals surface area contributed by atoms with Gasteiger partial charge in [-0.05, 0) is 36.4 Å². The van der Waals surface area contributed by atoms with Crippen molar-refractivity contribution < 1.29 is 23.8 Å². The van der Waals surface area contributed by atoms with Crippen LogP contribution >= 0.6 is 0 Å². The fraction of sp³-hybridized carbons (Fsp3) is 0.280. The third-order valence-electron chi connectivity index (χ3n) is 5.71. The summed E-state index contributed by atoms with van der Waals surface area (Å²) >= 11 is 0. The van der Waals surface area contributed by atoms with Crippen molar-refractivity contribution in [1.82, 2.24) is 14.9 Å². The van der Waals surface area contributed by atoms with E-state index in [2.05, 4.69) is 16.5 Å². The first-order valence-electron chi connectivity index (χ1n) is 10.6. The van der Waals surface area contributed by atoms with Gasteiger partial charge < -0.3 is 19.1 Å². The highest BCUT2D eigenvalue weighted by atomic mass is 16.5. The van der Waals surface area contributed by atoms with Gasteiger partial charge >= 0.3 is 0 Å². The normalized spacial score (nSPS) is 14.1. The predicted molar refractivity (Wildman–Crippen MR) is 123 cm³/mol. The second kappa shape index (κ2) is 9.68. The Morgan fingerprint density at radius 2 is 1.76 bits per heavy atom. The third kappa shape index (κ3) is 4.64. The predicted octanol–water partition coefficient (Wildman–Crippen LogP) is 3.43. The van der Waals surface area contributed by atoms with Gasteiger partial charge in [-0.25, -0.2) is 9.97 Å². The summed E-state index contributed by atoms with van der Waals surface area (Å²) in [4.78, 5) is 35.4. The van der Waals surface area contributed by atoms with E-state index < -0.39 is 0 Å². The van der Waals surface area contributed by atoms with E-state index in [9.17, 15) is 9.59 Å². The van der Waals surface area contributed by atoms with Gasteiger partial charge in [0, 0.05) is 42.9 Å². The van der Waals surface area contributed by atoms with Crippen molar-refractivity contribution in [3.63, 3.8) is 0 Å². The molecule has 8 nitrogen and oxygen atoms in total. The molecule has 0 bridgehead atoms. The van der Waals surface area contributed by atoms with E-state index in [0.29, 0.717) is 59.6 Å². The third-order valence-corrected chi connectivity index (χ3v) is 5.71. The SMILES string of the molecule is C=CC(=O)N1CCC(Oc2cc3c(C(=O)c4ccc(OC)cc4)ncnc3cc2OC)CC1. The van der Waals surface area contributed by atoms with Crippen LogP contribution < -0.4 is 14.2 Å². The van der Waals surface area contributed by atoms with Gasteiger partial charge in [0.25, 0.3) is 0 Å². The number of ether oxygens (including phenoxy) is 3. The molecule has 3 aromatic rings. The molecule has 1 saturated heterocycles. The van der Waals surface area contributed by atoms with Crippen LogP contribution in [0.1, 0.15) is 28.9 Å². The second-order valence-electron chi connectivity index (χ2n) is 7.65. The summed E-state index contributed by atoms with van der Waals surface area (Å²) in [5.74, 6) is 1.40. The number of carbonyl (C=O) groups is 2. The molecule has 0 unspecified atom stereocenters. The van der Waals surface area contributed by atoms with E-state index in [1.165, 1.54) is 12.4 Å². The maximum Gasteiger partial charge on any atom is 0.245 e. The number of aromatic nitrogens is 2.